The van der Waals surface area contributed by atoms with Gasteiger partial charge in [0, 0.05) is 43.9 Å². The van der Waals surface area contributed by atoms with Crippen LogP contribution >= 0.6 is 0 Å². The Morgan fingerprint density at radius 1 is 0.964 bits per heavy atom. The van der Waals surface area contributed by atoms with Crippen LogP contribution in [-0.2, 0) is 13.1 Å². The lowest BCUT2D eigenvalue weighted by Crippen LogP contribution is -2.53. The number of likely N-dealkylation sites (tertiary alicyclic amines) is 2. The molecule has 0 radical (unpaired) electrons. The lowest BCUT2D eigenvalue weighted by atomic mass is 9.64. The summed E-state index contributed by atoms with van der Waals surface area (Å²) in [6, 6.07) is 14.7. The van der Waals surface area contributed by atoms with Crippen LogP contribution in [0.3, 0.4) is 0 Å². The Bertz CT molecular complexity index is 758. The van der Waals surface area contributed by atoms with Crippen LogP contribution in [0.15, 0.2) is 48.7 Å². The molecule has 0 amide bonds. The van der Waals surface area contributed by atoms with Crippen LogP contribution in [0.4, 0.5) is 5.82 Å². The van der Waals surface area contributed by atoms with Crippen LogP contribution < -0.4 is 5.73 Å². The molecule has 1 aromatic heterocycles. The SMILES string of the molecule is Nc1ncccc1CN1CCC2(CC1)CCN(Cc1ccccc1)C[C@H]2CO. The highest BCUT2D eigenvalue weighted by molar-refractivity contribution is 5.38. The molecule has 0 unspecified atom stereocenters. The Morgan fingerprint density at radius 3 is 2.36 bits per heavy atom. The second-order valence-corrected chi connectivity index (χ2v) is 8.54. The molecule has 2 aliphatic heterocycles. The summed E-state index contributed by atoms with van der Waals surface area (Å²) in [7, 11) is 0. The van der Waals surface area contributed by atoms with Crippen LogP contribution in [-0.4, -0.2) is 52.7 Å². The highest BCUT2D eigenvalue weighted by atomic mass is 16.3. The highest BCUT2D eigenvalue weighted by Crippen LogP contribution is 2.45. The Hall–Kier alpha value is -1.95. The zero-order chi connectivity index (χ0) is 19.4. The van der Waals surface area contributed by atoms with E-state index >= 15 is 0 Å². The maximum atomic E-state index is 10.2. The topological polar surface area (TPSA) is 65.6 Å². The van der Waals surface area contributed by atoms with Crippen molar-refractivity contribution in [2.75, 3.05) is 38.5 Å². The molecule has 0 bridgehead atoms. The smallest absolute Gasteiger partial charge is 0.127 e. The summed E-state index contributed by atoms with van der Waals surface area (Å²) in [6.45, 7) is 6.43. The number of aliphatic hydroxyl groups excluding tert-OH is 1. The number of aromatic nitrogens is 1. The Kier molecular flexibility index (Phi) is 5.95. The maximum absolute atomic E-state index is 10.2. The molecule has 2 aliphatic rings. The van der Waals surface area contributed by atoms with E-state index in [-0.39, 0.29) is 0 Å². The number of anilines is 1. The van der Waals surface area contributed by atoms with E-state index in [4.69, 9.17) is 5.73 Å². The van der Waals surface area contributed by atoms with Crippen LogP contribution in [0.25, 0.3) is 0 Å². The number of nitrogens with two attached hydrogens (primary N) is 1. The summed E-state index contributed by atoms with van der Waals surface area (Å²) in [6.07, 6.45) is 5.27. The minimum absolute atomic E-state index is 0.291. The first-order valence-electron chi connectivity index (χ1n) is 10.5. The molecular formula is C23H32N4O. The van der Waals surface area contributed by atoms with E-state index in [0.717, 1.165) is 57.7 Å². The van der Waals surface area contributed by atoms with Crippen LogP contribution in [0.5, 0.6) is 0 Å². The molecule has 2 fully saturated rings. The Balaban J connectivity index is 1.35. The van der Waals surface area contributed by atoms with Gasteiger partial charge < -0.3 is 10.8 Å². The lowest BCUT2D eigenvalue weighted by molar-refractivity contribution is -0.0449. The van der Waals surface area contributed by atoms with Gasteiger partial charge in [0.2, 0.25) is 0 Å². The van der Waals surface area contributed by atoms with Crippen molar-refractivity contribution in [2.45, 2.75) is 32.4 Å². The molecule has 5 nitrogen and oxygen atoms in total. The zero-order valence-corrected chi connectivity index (χ0v) is 16.6. The standard InChI is InChI=1S/C23H32N4O/c24-22-20(7-4-11-25-22)16-26-12-8-23(9-13-26)10-14-27(17-21(23)18-28)15-19-5-2-1-3-6-19/h1-7,11,21,28H,8-10,12-18H2,(H2,24,25)/t21-/m0/s1. The monoisotopic (exact) mass is 380 g/mol. The Morgan fingerprint density at radius 2 is 1.68 bits per heavy atom. The number of nitrogens with zero attached hydrogens (tertiary/aromatic N) is 3. The third-order valence-corrected chi connectivity index (χ3v) is 6.91. The Labute approximate surface area is 168 Å². The molecule has 2 aromatic rings. The van der Waals surface area contributed by atoms with E-state index in [1.54, 1.807) is 6.20 Å². The molecule has 1 aromatic carbocycles. The summed E-state index contributed by atoms with van der Waals surface area (Å²) in [5, 5.41) is 10.2. The normalized spacial score (nSPS) is 23.1. The second kappa shape index (κ2) is 8.60. The van der Waals surface area contributed by atoms with E-state index in [2.05, 4.69) is 51.2 Å². The first-order valence-corrected chi connectivity index (χ1v) is 10.5. The van der Waals surface area contributed by atoms with Gasteiger partial charge in [0.25, 0.3) is 0 Å². The van der Waals surface area contributed by atoms with Crippen molar-refractivity contribution in [3.8, 4) is 0 Å². The molecule has 4 rings (SSSR count). The van der Waals surface area contributed by atoms with Gasteiger partial charge in [0.1, 0.15) is 5.82 Å². The molecule has 1 spiro atoms. The van der Waals surface area contributed by atoms with Crippen LogP contribution in [0.1, 0.15) is 30.4 Å². The molecule has 0 saturated carbocycles. The fourth-order valence-electron chi connectivity index (χ4n) is 5.06. The van der Waals surface area contributed by atoms with Gasteiger partial charge >= 0.3 is 0 Å². The van der Waals surface area contributed by atoms with E-state index in [9.17, 15) is 5.11 Å². The fourth-order valence-corrected chi connectivity index (χ4v) is 5.06. The summed E-state index contributed by atoms with van der Waals surface area (Å²) in [5.41, 5.74) is 8.79. The number of hydrogen-bond acceptors (Lipinski definition) is 5. The van der Waals surface area contributed by atoms with Gasteiger partial charge in [-0.05, 0) is 55.9 Å². The van der Waals surface area contributed by atoms with Gasteiger partial charge in [0.15, 0.2) is 0 Å². The van der Waals surface area contributed by atoms with Crippen LogP contribution in [0.2, 0.25) is 0 Å². The largest absolute Gasteiger partial charge is 0.396 e. The number of pyridine rings is 1. The predicted molar refractivity (Wildman–Crippen MR) is 113 cm³/mol. The third-order valence-electron chi connectivity index (χ3n) is 6.91. The van der Waals surface area contributed by atoms with Gasteiger partial charge in [0.05, 0.1) is 0 Å². The minimum Gasteiger partial charge on any atom is -0.396 e. The van der Waals surface area contributed by atoms with Crippen LogP contribution in [0, 0.1) is 11.3 Å². The number of rotatable bonds is 5. The van der Waals surface area contributed by atoms with Gasteiger partial charge in [-0.2, -0.15) is 0 Å². The van der Waals surface area contributed by atoms with Gasteiger partial charge in [-0.3, -0.25) is 9.80 Å². The molecule has 1 atom stereocenters. The van der Waals surface area contributed by atoms with E-state index < -0.39 is 0 Å². The van der Waals surface area contributed by atoms with Crippen molar-refractivity contribution in [2.24, 2.45) is 11.3 Å². The molecule has 5 heteroatoms. The predicted octanol–water partition coefficient (Wildman–Crippen LogP) is 2.76. The number of benzene rings is 1. The summed E-state index contributed by atoms with van der Waals surface area (Å²) >= 11 is 0. The number of hydrogen-bond donors (Lipinski definition) is 2. The molecular weight excluding hydrogens is 348 g/mol. The van der Waals surface area contributed by atoms with Crippen molar-refractivity contribution >= 4 is 5.82 Å². The zero-order valence-electron chi connectivity index (χ0n) is 16.6. The average molecular weight is 381 g/mol. The van der Waals surface area contributed by atoms with E-state index in [0.29, 0.717) is 23.8 Å². The van der Waals surface area contributed by atoms with Gasteiger partial charge in [-0.25, -0.2) is 4.98 Å². The molecule has 3 heterocycles. The summed E-state index contributed by atoms with van der Waals surface area (Å²) < 4.78 is 0. The fraction of sp³-hybridized carbons (Fsp3) is 0.522. The number of aliphatic hydroxyl groups is 1. The first-order chi connectivity index (χ1) is 13.7. The second-order valence-electron chi connectivity index (χ2n) is 8.54. The van der Waals surface area contributed by atoms with Crippen molar-refractivity contribution in [3.63, 3.8) is 0 Å². The number of nitrogen functional groups attached to an aromatic ring is 1. The van der Waals surface area contributed by atoms with Gasteiger partial charge in [-0.15, -0.1) is 0 Å². The third kappa shape index (κ3) is 4.22. The minimum atomic E-state index is 0.291. The molecule has 2 saturated heterocycles. The molecule has 28 heavy (non-hydrogen) atoms. The molecule has 0 aliphatic carbocycles. The highest BCUT2D eigenvalue weighted by Gasteiger charge is 2.44. The summed E-state index contributed by atoms with van der Waals surface area (Å²) in [5.74, 6) is 1.01. The van der Waals surface area contributed by atoms with Crippen molar-refractivity contribution in [3.05, 3.63) is 59.8 Å². The van der Waals surface area contributed by atoms with Gasteiger partial charge in [-0.1, -0.05) is 36.4 Å². The maximum Gasteiger partial charge on any atom is 0.127 e. The molecule has 3 N–H and O–H groups in total. The van der Waals surface area contributed by atoms with E-state index in [1.165, 1.54) is 12.0 Å². The van der Waals surface area contributed by atoms with Crippen molar-refractivity contribution in [1.29, 1.82) is 0 Å². The lowest BCUT2D eigenvalue weighted by Gasteiger charge is -2.51. The van der Waals surface area contributed by atoms with E-state index in [1.807, 2.05) is 6.07 Å². The number of piperidine rings is 2. The quantitative estimate of drug-likeness (QED) is 0.835. The van der Waals surface area contributed by atoms with Crippen molar-refractivity contribution in [1.82, 2.24) is 14.8 Å². The average Bonchev–Trinajstić information content (AvgIpc) is 2.73. The first kappa shape index (κ1) is 19.4. The van der Waals surface area contributed by atoms with Crippen molar-refractivity contribution < 1.29 is 5.11 Å². The molecule has 150 valence electrons. The summed E-state index contributed by atoms with van der Waals surface area (Å²) in [4.78, 5) is 9.22.